The lowest BCUT2D eigenvalue weighted by atomic mass is 9.98. The van der Waals surface area contributed by atoms with Crippen molar-refractivity contribution in [3.05, 3.63) is 67.0 Å². The van der Waals surface area contributed by atoms with Crippen molar-refractivity contribution in [2.45, 2.75) is 6.04 Å². The van der Waals surface area contributed by atoms with Gasteiger partial charge in [-0.3, -0.25) is 0 Å². The number of halogens is 2. The highest BCUT2D eigenvalue weighted by Gasteiger charge is 2.14. The van der Waals surface area contributed by atoms with Crippen molar-refractivity contribution >= 4 is 42.9 Å². The number of aromatic amines is 2. The van der Waals surface area contributed by atoms with Gasteiger partial charge in [-0.15, -0.1) is 0 Å². The third-order valence-electron chi connectivity index (χ3n) is 3.38. The standard InChI is InChI=1S/C15H13Br2N3O/c1-18-14(9-4-10(16)7-11(17)5-9)8-2-3-12-13(6-8)20-15(21)19-12/h2-7,14,18H,1H3,(H2,19,20,21). The van der Waals surface area contributed by atoms with Gasteiger partial charge in [0.05, 0.1) is 17.1 Å². The summed E-state index contributed by atoms with van der Waals surface area (Å²) >= 11 is 7.03. The lowest BCUT2D eigenvalue weighted by Gasteiger charge is -2.18. The number of nitrogens with one attached hydrogen (secondary N) is 3. The fourth-order valence-corrected chi connectivity index (χ4v) is 3.83. The van der Waals surface area contributed by atoms with E-state index in [1.165, 1.54) is 0 Å². The highest BCUT2D eigenvalue weighted by molar-refractivity contribution is 9.11. The van der Waals surface area contributed by atoms with Crippen molar-refractivity contribution in [2.24, 2.45) is 0 Å². The van der Waals surface area contributed by atoms with Gasteiger partial charge in [-0.05, 0) is 48.5 Å². The second kappa shape index (κ2) is 5.79. The normalized spacial score (nSPS) is 12.7. The predicted molar refractivity (Wildman–Crippen MR) is 91.7 cm³/mol. The monoisotopic (exact) mass is 409 g/mol. The number of fused-ring (bicyclic) bond motifs is 1. The van der Waals surface area contributed by atoms with Crippen LogP contribution in [0.5, 0.6) is 0 Å². The zero-order chi connectivity index (χ0) is 15.0. The van der Waals surface area contributed by atoms with Crippen LogP contribution in [0.2, 0.25) is 0 Å². The lowest BCUT2D eigenvalue weighted by Crippen LogP contribution is -2.17. The Bertz CT molecular complexity index is 833. The highest BCUT2D eigenvalue weighted by Crippen LogP contribution is 2.29. The van der Waals surface area contributed by atoms with Crippen molar-refractivity contribution in [3.63, 3.8) is 0 Å². The highest BCUT2D eigenvalue weighted by atomic mass is 79.9. The average molecular weight is 411 g/mol. The number of hydrogen-bond donors (Lipinski definition) is 3. The van der Waals surface area contributed by atoms with Gasteiger partial charge in [0.15, 0.2) is 0 Å². The summed E-state index contributed by atoms with van der Waals surface area (Å²) in [6, 6.07) is 12.1. The minimum atomic E-state index is -0.187. The topological polar surface area (TPSA) is 60.7 Å². The van der Waals surface area contributed by atoms with Crippen LogP contribution in [0.4, 0.5) is 0 Å². The van der Waals surface area contributed by atoms with Gasteiger partial charge in [0.1, 0.15) is 0 Å². The van der Waals surface area contributed by atoms with E-state index in [2.05, 4.69) is 59.3 Å². The molecule has 0 radical (unpaired) electrons. The van der Waals surface area contributed by atoms with Gasteiger partial charge in [-0.25, -0.2) is 4.79 Å². The summed E-state index contributed by atoms with van der Waals surface area (Å²) in [6.07, 6.45) is 0. The van der Waals surface area contributed by atoms with Crippen LogP contribution in [-0.2, 0) is 0 Å². The molecule has 0 aliphatic carbocycles. The Kier molecular flexibility index (Phi) is 4.01. The zero-order valence-electron chi connectivity index (χ0n) is 11.2. The number of rotatable bonds is 3. The van der Waals surface area contributed by atoms with E-state index in [-0.39, 0.29) is 11.7 Å². The number of aromatic nitrogens is 2. The van der Waals surface area contributed by atoms with Crippen molar-refractivity contribution in [3.8, 4) is 0 Å². The third kappa shape index (κ3) is 2.97. The summed E-state index contributed by atoms with van der Waals surface area (Å²) in [6.45, 7) is 0. The molecule has 0 aliphatic heterocycles. The number of hydrogen-bond acceptors (Lipinski definition) is 2. The summed E-state index contributed by atoms with van der Waals surface area (Å²) in [4.78, 5) is 16.9. The Labute approximate surface area is 138 Å². The molecule has 0 fully saturated rings. The Balaban J connectivity index is 2.10. The lowest BCUT2D eigenvalue weighted by molar-refractivity contribution is 0.692. The minimum Gasteiger partial charge on any atom is -0.309 e. The molecule has 1 heterocycles. The maximum atomic E-state index is 11.4. The molecule has 6 heteroatoms. The SMILES string of the molecule is CNC(c1cc(Br)cc(Br)c1)c1ccc2[nH]c(=O)[nH]c2c1. The molecule has 1 aromatic heterocycles. The van der Waals surface area contributed by atoms with Gasteiger partial charge < -0.3 is 15.3 Å². The molecule has 0 bridgehead atoms. The molecule has 0 aliphatic rings. The Morgan fingerprint density at radius 2 is 1.62 bits per heavy atom. The van der Waals surface area contributed by atoms with Crippen LogP contribution in [-0.4, -0.2) is 17.0 Å². The zero-order valence-corrected chi connectivity index (χ0v) is 14.4. The quantitative estimate of drug-likeness (QED) is 0.616. The molecular weight excluding hydrogens is 398 g/mol. The molecule has 0 spiro atoms. The molecule has 0 saturated carbocycles. The Hall–Kier alpha value is -1.37. The van der Waals surface area contributed by atoms with Crippen molar-refractivity contribution < 1.29 is 0 Å². The van der Waals surface area contributed by atoms with E-state index in [0.717, 1.165) is 31.1 Å². The molecule has 3 rings (SSSR count). The van der Waals surface area contributed by atoms with Gasteiger partial charge in [0, 0.05) is 8.95 Å². The van der Waals surface area contributed by atoms with E-state index in [1.807, 2.05) is 31.3 Å². The third-order valence-corrected chi connectivity index (χ3v) is 4.30. The van der Waals surface area contributed by atoms with E-state index in [4.69, 9.17) is 0 Å². The van der Waals surface area contributed by atoms with Crippen molar-refractivity contribution in [1.29, 1.82) is 0 Å². The van der Waals surface area contributed by atoms with Gasteiger partial charge in [-0.2, -0.15) is 0 Å². The summed E-state index contributed by atoms with van der Waals surface area (Å²) in [5.74, 6) is 0. The fraction of sp³-hybridized carbons (Fsp3) is 0.133. The maximum absolute atomic E-state index is 11.4. The van der Waals surface area contributed by atoms with E-state index in [1.54, 1.807) is 0 Å². The Morgan fingerprint density at radius 1 is 0.952 bits per heavy atom. The Morgan fingerprint density at radius 3 is 2.29 bits per heavy atom. The van der Waals surface area contributed by atoms with Gasteiger partial charge in [0.2, 0.25) is 0 Å². The summed E-state index contributed by atoms with van der Waals surface area (Å²) in [7, 11) is 1.92. The molecule has 108 valence electrons. The largest absolute Gasteiger partial charge is 0.323 e. The second-order valence-electron chi connectivity index (χ2n) is 4.81. The predicted octanol–water partition coefficient (Wildman–Crippen LogP) is 3.69. The first kappa shape index (κ1) is 14.6. The molecule has 1 unspecified atom stereocenters. The van der Waals surface area contributed by atoms with Gasteiger partial charge >= 0.3 is 5.69 Å². The summed E-state index contributed by atoms with van der Waals surface area (Å²) < 4.78 is 2.03. The van der Waals surface area contributed by atoms with Crippen LogP contribution in [0.15, 0.2) is 50.1 Å². The van der Waals surface area contributed by atoms with Crippen LogP contribution in [0, 0.1) is 0 Å². The molecule has 0 amide bonds. The van der Waals surface area contributed by atoms with Crippen LogP contribution >= 0.6 is 31.9 Å². The van der Waals surface area contributed by atoms with Crippen LogP contribution in [0.3, 0.4) is 0 Å². The second-order valence-corrected chi connectivity index (χ2v) is 6.64. The van der Waals surface area contributed by atoms with E-state index >= 15 is 0 Å². The smallest absolute Gasteiger partial charge is 0.309 e. The molecule has 21 heavy (non-hydrogen) atoms. The molecule has 3 N–H and O–H groups in total. The van der Waals surface area contributed by atoms with E-state index in [0.29, 0.717) is 0 Å². The van der Waals surface area contributed by atoms with Crippen molar-refractivity contribution in [1.82, 2.24) is 15.3 Å². The number of imidazole rings is 1. The number of benzene rings is 2. The molecule has 2 aromatic carbocycles. The van der Waals surface area contributed by atoms with Gasteiger partial charge in [0.25, 0.3) is 0 Å². The first-order chi connectivity index (χ1) is 10.1. The molecular formula is C15H13Br2N3O. The molecule has 3 aromatic rings. The van der Waals surface area contributed by atoms with Gasteiger partial charge in [-0.1, -0.05) is 37.9 Å². The van der Waals surface area contributed by atoms with Crippen LogP contribution < -0.4 is 11.0 Å². The van der Waals surface area contributed by atoms with E-state index < -0.39 is 0 Å². The minimum absolute atomic E-state index is 0.0432. The fourth-order valence-electron chi connectivity index (χ4n) is 2.50. The van der Waals surface area contributed by atoms with Crippen LogP contribution in [0.25, 0.3) is 11.0 Å². The number of H-pyrrole nitrogens is 2. The first-order valence-electron chi connectivity index (χ1n) is 6.42. The summed E-state index contributed by atoms with van der Waals surface area (Å²) in [5, 5.41) is 3.32. The van der Waals surface area contributed by atoms with E-state index in [9.17, 15) is 4.79 Å². The first-order valence-corrected chi connectivity index (χ1v) is 8.00. The average Bonchev–Trinajstić information content (AvgIpc) is 2.78. The maximum Gasteiger partial charge on any atom is 0.323 e. The van der Waals surface area contributed by atoms with Crippen molar-refractivity contribution in [2.75, 3.05) is 7.05 Å². The molecule has 4 nitrogen and oxygen atoms in total. The molecule has 1 atom stereocenters. The van der Waals surface area contributed by atoms with Crippen LogP contribution in [0.1, 0.15) is 17.2 Å². The molecule has 0 saturated heterocycles. The summed E-state index contributed by atoms with van der Waals surface area (Å²) in [5.41, 5.74) is 3.66.